The van der Waals surface area contributed by atoms with Gasteiger partial charge in [0, 0.05) is 12.3 Å². The van der Waals surface area contributed by atoms with Crippen LogP contribution < -0.4 is 4.90 Å². The summed E-state index contributed by atoms with van der Waals surface area (Å²) < 4.78 is 41.6. The number of benzene rings is 3. The Hall–Kier alpha value is -3.64. The van der Waals surface area contributed by atoms with Gasteiger partial charge in [-0.1, -0.05) is 29.8 Å². The van der Waals surface area contributed by atoms with Crippen molar-refractivity contribution in [1.82, 2.24) is 4.98 Å². The third-order valence-electron chi connectivity index (χ3n) is 6.12. The number of hydrogen-bond acceptors (Lipinski definition) is 2. The van der Waals surface area contributed by atoms with Gasteiger partial charge in [-0.25, -0.2) is 18.2 Å². The Balaban J connectivity index is 1.68. The number of amides is 1. The summed E-state index contributed by atoms with van der Waals surface area (Å²) in [6, 6.07) is 18.4. The number of nitrogens with zero attached hydrogens (tertiary/aromatic N) is 2. The maximum Gasteiger partial charge on any atom is 0.243 e. The van der Waals surface area contributed by atoms with Crippen molar-refractivity contribution in [1.29, 1.82) is 0 Å². The van der Waals surface area contributed by atoms with Crippen LogP contribution in [-0.4, -0.2) is 10.9 Å². The molecule has 0 radical (unpaired) electrons. The number of pyridine rings is 1. The molecule has 0 N–H and O–H groups in total. The normalized spacial score (nSPS) is 17.2. The molecule has 1 aromatic heterocycles. The Morgan fingerprint density at radius 2 is 1.62 bits per heavy atom. The number of fused-ring (bicyclic) bond motifs is 1. The lowest BCUT2D eigenvalue weighted by Gasteiger charge is -2.24. The van der Waals surface area contributed by atoms with Crippen molar-refractivity contribution in [2.75, 3.05) is 4.90 Å². The van der Waals surface area contributed by atoms with E-state index in [9.17, 15) is 18.0 Å². The van der Waals surface area contributed by atoms with Gasteiger partial charge in [-0.05, 0) is 84.1 Å². The van der Waals surface area contributed by atoms with Crippen LogP contribution in [0.15, 0.2) is 79.0 Å². The van der Waals surface area contributed by atoms with Crippen molar-refractivity contribution in [3.63, 3.8) is 0 Å². The fourth-order valence-electron chi connectivity index (χ4n) is 4.51. The molecular weight excluding hydrogens is 461 g/mol. The second-order valence-electron chi connectivity index (χ2n) is 8.48. The minimum Gasteiger partial charge on any atom is -0.273 e. The first-order valence-electron chi connectivity index (χ1n) is 10.6. The van der Waals surface area contributed by atoms with Crippen LogP contribution in [0.2, 0.25) is 5.02 Å². The Bertz CT molecular complexity index is 1410. The fraction of sp³-hybridized carbons (Fsp3) is 0.111. The second kappa shape index (κ2) is 8.29. The van der Waals surface area contributed by atoms with Gasteiger partial charge < -0.3 is 0 Å². The summed E-state index contributed by atoms with van der Waals surface area (Å²) in [6.07, 6.45) is 1.67. The van der Waals surface area contributed by atoms with Crippen molar-refractivity contribution >= 4 is 29.0 Å². The van der Waals surface area contributed by atoms with E-state index in [1.165, 1.54) is 29.2 Å². The largest absolute Gasteiger partial charge is 0.273 e. The molecule has 0 aliphatic carbocycles. The molecule has 3 nitrogen and oxygen atoms in total. The van der Waals surface area contributed by atoms with E-state index in [2.05, 4.69) is 4.98 Å². The van der Waals surface area contributed by atoms with Gasteiger partial charge in [0.1, 0.15) is 23.3 Å². The van der Waals surface area contributed by atoms with E-state index in [0.29, 0.717) is 28.2 Å². The van der Waals surface area contributed by atoms with E-state index in [1.54, 1.807) is 43.5 Å². The van der Waals surface area contributed by atoms with Crippen LogP contribution in [0, 0.1) is 17.5 Å². The fourth-order valence-corrected chi connectivity index (χ4v) is 4.69. The van der Waals surface area contributed by atoms with Crippen LogP contribution in [0.4, 0.5) is 24.7 Å². The minimum atomic E-state index is -1.13. The number of anilines is 2. The molecule has 1 aliphatic rings. The highest BCUT2D eigenvalue weighted by atomic mass is 35.5. The Morgan fingerprint density at radius 1 is 0.912 bits per heavy atom. The van der Waals surface area contributed by atoms with E-state index >= 15 is 0 Å². The average molecular weight is 479 g/mol. The molecule has 0 saturated heterocycles. The Morgan fingerprint density at radius 3 is 2.29 bits per heavy atom. The summed E-state index contributed by atoms with van der Waals surface area (Å²) in [5.74, 6) is -1.76. The van der Waals surface area contributed by atoms with Gasteiger partial charge >= 0.3 is 0 Å². The zero-order valence-electron chi connectivity index (χ0n) is 18.0. The van der Waals surface area contributed by atoms with Crippen molar-refractivity contribution in [2.45, 2.75) is 18.8 Å². The molecular formula is C27H18ClF3N2O. The molecule has 2 heterocycles. The van der Waals surface area contributed by atoms with Crippen LogP contribution in [0.1, 0.15) is 18.1 Å². The van der Waals surface area contributed by atoms with Gasteiger partial charge in [-0.2, -0.15) is 0 Å². The van der Waals surface area contributed by atoms with Crippen LogP contribution in [0.25, 0.3) is 11.1 Å². The lowest BCUT2D eigenvalue weighted by atomic mass is 9.77. The summed E-state index contributed by atoms with van der Waals surface area (Å²) >= 11 is 5.98. The van der Waals surface area contributed by atoms with Gasteiger partial charge in [0.25, 0.3) is 0 Å². The molecule has 0 bridgehead atoms. The number of rotatable bonds is 4. The summed E-state index contributed by atoms with van der Waals surface area (Å²) in [4.78, 5) is 19.7. The van der Waals surface area contributed by atoms with Crippen molar-refractivity contribution in [3.8, 4) is 11.1 Å². The molecule has 0 spiro atoms. The predicted molar refractivity (Wildman–Crippen MR) is 126 cm³/mol. The number of carbonyl (C=O) groups excluding carboxylic acids is 1. The molecule has 3 aromatic carbocycles. The van der Waals surface area contributed by atoms with Crippen LogP contribution in [0.3, 0.4) is 0 Å². The number of hydrogen-bond donors (Lipinski definition) is 0. The van der Waals surface area contributed by atoms with Gasteiger partial charge in [-0.15, -0.1) is 0 Å². The van der Waals surface area contributed by atoms with E-state index in [1.807, 2.05) is 12.1 Å². The SMILES string of the molecule is C[C@@]1(Cc2cc(F)cc(F)c2)C(=O)N(c2ccccn2)c2ccc(-c3ccc(F)c(Cl)c3)cc21. The standard InChI is InChI=1S/C27H18ClF3N2O/c1-27(15-16-10-19(29)14-20(30)11-16)21-12-17(18-5-7-23(31)22(28)13-18)6-8-24(21)33(26(27)34)25-4-2-3-9-32-25/h2-14H,15H2,1H3/t27-/m0/s1. The number of halogens is 4. The Kier molecular flexibility index (Phi) is 5.41. The topological polar surface area (TPSA) is 33.2 Å². The zero-order valence-corrected chi connectivity index (χ0v) is 18.8. The van der Waals surface area contributed by atoms with E-state index < -0.39 is 22.9 Å². The third-order valence-corrected chi connectivity index (χ3v) is 6.41. The number of carbonyl (C=O) groups is 1. The van der Waals surface area contributed by atoms with E-state index in [0.717, 1.165) is 11.6 Å². The second-order valence-corrected chi connectivity index (χ2v) is 8.88. The zero-order chi connectivity index (χ0) is 24.0. The summed E-state index contributed by atoms with van der Waals surface area (Å²) in [6.45, 7) is 1.75. The highest BCUT2D eigenvalue weighted by Gasteiger charge is 2.48. The monoisotopic (exact) mass is 478 g/mol. The first kappa shape index (κ1) is 22.2. The molecule has 1 atom stereocenters. The summed E-state index contributed by atoms with van der Waals surface area (Å²) in [5, 5.41) is -0.0119. The lowest BCUT2D eigenvalue weighted by Crippen LogP contribution is -2.38. The Labute approximate surface area is 199 Å². The van der Waals surface area contributed by atoms with Crippen LogP contribution >= 0.6 is 11.6 Å². The first-order valence-corrected chi connectivity index (χ1v) is 10.9. The highest BCUT2D eigenvalue weighted by molar-refractivity contribution is 6.31. The van der Waals surface area contributed by atoms with E-state index in [4.69, 9.17) is 11.6 Å². The summed E-state index contributed by atoms with van der Waals surface area (Å²) in [7, 11) is 0. The average Bonchev–Trinajstić information content (AvgIpc) is 3.01. The molecule has 1 amide bonds. The van der Waals surface area contributed by atoms with E-state index in [-0.39, 0.29) is 17.4 Å². The van der Waals surface area contributed by atoms with Crippen molar-refractivity contribution < 1.29 is 18.0 Å². The van der Waals surface area contributed by atoms with Crippen molar-refractivity contribution in [2.24, 2.45) is 0 Å². The number of aromatic nitrogens is 1. The molecule has 5 rings (SSSR count). The van der Waals surface area contributed by atoms with Gasteiger partial charge in [-0.3, -0.25) is 9.69 Å². The lowest BCUT2D eigenvalue weighted by molar-refractivity contribution is -0.122. The molecule has 170 valence electrons. The molecule has 4 aromatic rings. The summed E-state index contributed by atoms with van der Waals surface area (Å²) in [5.41, 5.74) is 1.93. The molecule has 1 aliphatic heterocycles. The smallest absolute Gasteiger partial charge is 0.243 e. The maximum atomic E-state index is 13.9. The third kappa shape index (κ3) is 3.74. The molecule has 7 heteroatoms. The molecule has 34 heavy (non-hydrogen) atoms. The molecule has 0 fully saturated rings. The predicted octanol–water partition coefficient (Wildman–Crippen LogP) is 7.00. The van der Waals surface area contributed by atoms with Crippen molar-refractivity contribution in [3.05, 3.63) is 113 Å². The molecule has 0 saturated carbocycles. The highest BCUT2D eigenvalue weighted by Crippen LogP contribution is 2.48. The van der Waals surface area contributed by atoms with Gasteiger partial charge in [0.15, 0.2) is 0 Å². The van der Waals surface area contributed by atoms with Gasteiger partial charge in [0.2, 0.25) is 5.91 Å². The van der Waals surface area contributed by atoms with Crippen LogP contribution in [-0.2, 0) is 16.6 Å². The maximum absolute atomic E-state index is 13.9. The van der Waals surface area contributed by atoms with Gasteiger partial charge in [0.05, 0.1) is 16.1 Å². The molecule has 0 unspecified atom stereocenters. The first-order chi connectivity index (χ1) is 16.3. The minimum absolute atomic E-state index is 0.0119. The quantitative estimate of drug-likeness (QED) is 0.316. The van der Waals surface area contributed by atoms with Crippen LogP contribution in [0.5, 0.6) is 0 Å².